The van der Waals surface area contributed by atoms with Crippen molar-refractivity contribution < 1.29 is 9.90 Å². The molecule has 1 aliphatic heterocycles. The second-order valence-corrected chi connectivity index (χ2v) is 5.40. The molecular weight excluding hydrogens is 262 g/mol. The fourth-order valence-corrected chi connectivity index (χ4v) is 3.21. The number of aromatic nitrogens is 2. The predicted octanol–water partition coefficient (Wildman–Crippen LogP) is 2.26. The number of hydrogen-bond donors (Lipinski definition) is 1. The highest BCUT2D eigenvalue weighted by atomic mass is 32.1. The molecule has 0 aliphatic carbocycles. The number of aliphatic carboxylic acids is 1. The van der Waals surface area contributed by atoms with Crippen LogP contribution in [0.3, 0.4) is 0 Å². The Bertz CT molecular complexity index is 585. The molecule has 5 nitrogen and oxygen atoms in total. The summed E-state index contributed by atoms with van der Waals surface area (Å²) in [6.45, 7) is 0.736. The quantitative estimate of drug-likeness (QED) is 0.930. The van der Waals surface area contributed by atoms with E-state index in [1.54, 1.807) is 0 Å². The van der Waals surface area contributed by atoms with Gasteiger partial charge in [-0.05, 0) is 12.8 Å². The van der Waals surface area contributed by atoms with Crippen molar-refractivity contribution in [3.63, 3.8) is 0 Å². The Hall–Kier alpha value is -1.95. The van der Waals surface area contributed by atoms with Crippen LogP contribution in [0.4, 0.5) is 5.13 Å². The van der Waals surface area contributed by atoms with E-state index in [4.69, 9.17) is 0 Å². The summed E-state index contributed by atoms with van der Waals surface area (Å²) in [5.41, 5.74) is 1.01. The summed E-state index contributed by atoms with van der Waals surface area (Å²) in [7, 11) is 0. The molecule has 1 aromatic carbocycles. The number of carboxylic acid groups (broad SMARTS) is 1. The van der Waals surface area contributed by atoms with Gasteiger partial charge in [0.15, 0.2) is 0 Å². The number of benzene rings is 1. The molecule has 2 aromatic rings. The summed E-state index contributed by atoms with van der Waals surface area (Å²) < 4.78 is 0. The van der Waals surface area contributed by atoms with Crippen molar-refractivity contribution in [3.05, 3.63) is 30.3 Å². The Labute approximate surface area is 114 Å². The fraction of sp³-hybridized carbons (Fsp3) is 0.308. The molecule has 0 bridgehead atoms. The molecule has 1 saturated heterocycles. The third kappa shape index (κ3) is 2.31. The van der Waals surface area contributed by atoms with E-state index < -0.39 is 12.0 Å². The van der Waals surface area contributed by atoms with Crippen LogP contribution in [0, 0.1) is 0 Å². The van der Waals surface area contributed by atoms with E-state index in [0.717, 1.165) is 23.5 Å². The molecule has 98 valence electrons. The maximum absolute atomic E-state index is 11.2. The van der Waals surface area contributed by atoms with Crippen LogP contribution in [0.5, 0.6) is 0 Å². The molecular formula is C13H13N3O2S. The molecule has 0 amide bonds. The number of nitrogens with zero attached hydrogens (tertiary/aromatic N) is 3. The number of carboxylic acids is 1. The standard InChI is InChI=1S/C13H13N3O2S/c17-12(18)10-7-4-8-16(10)13-15-14-11(19-13)9-5-2-1-3-6-9/h1-3,5-6,10H,4,7-8H2,(H,17,18). The van der Waals surface area contributed by atoms with Crippen molar-refractivity contribution in [1.82, 2.24) is 10.2 Å². The molecule has 1 aliphatic rings. The summed E-state index contributed by atoms with van der Waals surface area (Å²) in [5.74, 6) is -0.783. The van der Waals surface area contributed by atoms with Crippen molar-refractivity contribution in [1.29, 1.82) is 0 Å². The monoisotopic (exact) mass is 275 g/mol. The van der Waals surface area contributed by atoms with Crippen molar-refractivity contribution >= 4 is 22.4 Å². The van der Waals surface area contributed by atoms with Gasteiger partial charge in [0.05, 0.1) is 0 Å². The normalized spacial score (nSPS) is 18.7. The second kappa shape index (κ2) is 4.97. The molecule has 1 N–H and O–H groups in total. The lowest BCUT2D eigenvalue weighted by molar-refractivity contribution is -0.138. The van der Waals surface area contributed by atoms with Gasteiger partial charge in [-0.2, -0.15) is 0 Å². The Kier molecular flexibility index (Phi) is 3.16. The van der Waals surface area contributed by atoms with E-state index in [2.05, 4.69) is 10.2 Å². The lowest BCUT2D eigenvalue weighted by Crippen LogP contribution is -2.35. The van der Waals surface area contributed by atoms with Crippen molar-refractivity contribution in [2.24, 2.45) is 0 Å². The first kappa shape index (κ1) is 12.1. The molecule has 1 aromatic heterocycles. The second-order valence-electron chi connectivity index (χ2n) is 4.45. The number of rotatable bonds is 3. The van der Waals surface area contributed by atoms with Crippen LogP contribution in [-0.2, 0) is 4.79 Å². The molecule has 0 spiro atoms. The topological polar surface area (TPSA) is 66.3 Å². The van der Waals surface area contributed by atoms with Crippen LogP contribution >= 0.6 is 11.3 Å². The lowest BCUT2D eigenvalue weighted by atomic mass is 10.2. The van der Waals surface area contributed by atoms with Gasteiger partial charge in [-0.25, -0.2) is 4.79 Å². The van der Waals surface area contributed by atoms with Crippen LogP contribution < -0.4 is 4.90 Å². The van der Waals surface area contributed by atoms with E-state index in [1.165, 1.54) is 11.3 Å². The van der Waals surface area contributed by atoms with Crippen LogP contribution in [0.25, 0.3) is 10.6 Å². The first-order valence-electron chi connectivity index (χ1n) is 6.14. The van der Waals surface area contributed by atoms with Crippen LogP contribution in [0.15, 0.2) is 30.3 Å². The number of anilines is 1. The minimum Gasteiger partial charge on any atom is -0.480 e. The Balaban J connectivity index is 1.87. The molecule has 0 radical (unpaired) electrons. The smallest absolute Gasteiger partial charge is 0.326 e. The minimum absolute atomic E-state index is 0.462. The fourth-order valence-electron chi connectivity index (χ4n) is 2.28. The molecule has 19 heavy (non-hydrogen) atoms. The Morgan fingerprint density at radius 2 is 2.11 bits per heavy atom. The van der Waals surface area contributed by atoms with Crippen molar-refractivity contribution in [2.45, 2.75) is 18.9 Å². The van der Waals surface area contributed by atoms with Gasteiger partial charge in [0.2, 0.25) is 5.13 Å². The average Bonchev–Trinajstić information content (AvgIpc) is 3.08. The van der Waals surface area contributed by atoms with Gasteiger partial charge < -0.3 is 10.0 Å². The molecule has 3 rings (SSSR count). The van der Waals surface area contributed by atoms with Gasteiger partial charge in [-0.15, -0.1) is 10.2 Å². The number of carbonyl (C=O) groups is 1. The van der Waals surface area contributed by atoms with E-state index in [-0.39, 0.29) is 0 Å². The molecule has 1 atom stereocenters. The maximum Gasteiger partial charge on any atom is 0.326 e. The Morgan fingerprint density at radius 3 is 2.84 bits per heavy atom. The zero-order valence-corrected chi connectivity index (χ0v) is 11.0. The highest BCUT2D eigenvalue weighted by molar-refractivity contribution is 7.18. The molecule has 1 fully saturated rings. The molecule has 6 heteroatoms. The highest BCUT2D eigenvalue weighted by Gasteiger charge is 2.32. The average molecular weight is 275 g/mol. The maximum atomic E-state index is 11.2. The van der Waals surface area contributed by atoms with E-state index in [0.29, 0.717) is 11.6 Å². The van der Waals surface area contributed by atoms with E-state index in [9.17, 15) is 9.90 Å². The molecule has 2 heterocycles. The summed E-state index contributed by atoms with van der Waals surface area (Å²) in [6.07, 6.45) is 1.56. The van der Waals surface area contributed by atoms with Gasteiger partial charge >= 0.3 is 5.97 Å². The Morgan fingerprint density at radius 1 is 1.32 bits per heavy atom. The van der Waals surface area contributed by atoms with Gasteiger partial charge in [0.25, 0.3) is 0 Å². The van der Waals surface area contributed by atoms with Gasteiger partial charge in [0.1, 0.15) is 11.0 Å². The van der Waals surface area contributed by atoms with Crippen LogP contribution in [-0.4, -0.2) is 33.9 Å². The molecule has 0 saturated carbocycles. The van der Waals surface area contributed by atoms with Gasteiger partial charge in [-0.3, -0.25) is 0 Å². The van der Waals surface area contributed by atoms with Crippen LogP contribution in [0.2, 0.25) is 0 Å². The summed E-state index contributed by atoms with van der Waals surface area (Å²) in [5, 5.41) is 19.0. The van der Waals surface area contributed by atoms with Gasteiger partial charge in [-0.1, -0.05) is 41.7 Å². The third-order valence-electron chi connectivity index (χ3n) is 3.22. The highest BCUT2D eigenvalue weighted by Crippen LogP contribution is 2.32. The van der Waals surface area contributed by atoms with E-state index >= 15 is 0 Å². The predicted molar refractivity (Wildman–Crippen MR) is 73.3 cm³/mol. The summed E-state index contributed by atoms with van der Waals surface area (Å²) in [6, 6.07) is 9.34. The largest absolute Gasteiger partial charge is 0.480 e. The van der Waals surface area contributed by atoms with Crippen molar-refractivity contribution in [2.75, 3.05) is 11.4 Å². The first-order chi connectivity index (χ1) is 9.25. The summed E-state index contributed by atoms with van der Waals surface area (Å²) >= 11 is 1.44. The zero-order chi connectivity index (χ0) is 13.2. The van der Waals surface area contributed by atoms with Crippen molar-refractivity contribution in [3.8, 4) is 10.6 Å². The molecule has 1 unspecified atom stereocenters. The number of hydrogen-bond acceptors (Lipinski definition) is 5. The van der Waals surface area contributed by atoms with Gasteiger partial charge in [0, 0.05) is 12.1 Å². The van der Waals surface area contributed by atoms with Crippen LogP contribution in [0.1, 0.15) is 12.8 Å². The lowest BCUT2D eigenvalue weighted by Gasteiger charge is -2.19. The first-order valence-corrected chi connectivity index (χ1v) is 6.96. The zero-order valence-electron chi connectivity index (χ0n) is 10.2. The summed E-state index contributed by atoms with van der Waals surface area (Å²) in [4.78, 5) is 13.0. The van der Waals surface area contributed by atoms with E-state index in [1.807, 2.05) is 35.2 Å². The SMILES string of the molecule is O=C(O)C1CCCN1c1nnc(-c2ccccc2)s1. The third-order valence-corrected chi connectivity index (χ3v) is 4.23. The minimum atomic E-state index is -0.783.